The van der Waals surface area contributed by atoms with Crippen molar-refractivity contribution in [3.63, 3.8) is 0 Å². The second kappa shape index (κ2) is 59.2. The highest BCUT2D eigenvalue weighted by atomic mass is 27.0. The van der Waals surface area contributed by atoms with E-state index in [1.54, 1.807) is 0 Å². The third kappa shape index (κ3) is 16.8. The average Bonchev–Trinajstić information content (AvgIpc) is 1.81. The van der Waals surface area contributed by atoms with Crippen LogP contribution in [0.1, 0.15) is 0 Å². The third-order valence-electron chi connectivity index (χ3n) is 0. The van der Waals surface area contributed by atoms with Crippen molar-refractivity contribution in [2.75, 3.05) is 0 Å². The zero-order chi connectivity index (χ0) is 6.00. The molecule has 0 aromatic carbocycles. The monoisotopic (exact) mass is 70.1 g/mol. The molecule has 0 unspecified atom stereocenters. The second-order valence-electron chi connectivity index (χ2n) is 0. The van der Waals surface area contributed by atoms with Crippen LogP contribution in [-0.4, -0.2) is 35.7 Å². The van der Waals surface area contributed by atoms with Crippen LogP contribution in [0, 0.1) is 0 Å². The quantitative estimate of drug-likeness (QED) is 0.317. The van der Waals surface area contributed by atoms with Crippen molar-refractivity contribution in [1.29, 1.82) is 2.67 Å². The standard InChI is InChI=1S/CH3.Al.2BH/h1H3;;2*1H/i;;2*1T. The van der Waals surface area contributed by atoms with E-state index in [2.05, 4.69) is 33.0 Å². The summed E-state index contributed by atoms with van der Waals surface area (Å²) in [5, 5.41) is 0. The fourth-order valence-electron chi connectivity index (χ4n) is 0. The largest absolute Gasteiger partial charge is 0.128 e. The summed E-state index contributed by atoms with van der Waals surface area (Å²) in [6.07, 6.45) is 0. The predicted octanol–water partition coefficient (Wildman–Crippen LogP) is -1.09. The Morgan fingerprint density at radius 1 is 1.50 bits per heavy atom. The summed E-state index contributed by atoms with van der Waals surface area (Å²) in [6, 6.07) is 0. The smallest absolute Gasteiger partial charge is 0.112 e. The molecule has 6 radical (unpaired) electrons. The van der Waals surface area contributed by atoms with Gasteiger partial charge in [-0.3, -0.25) is 0 Å². The van der Waals surface area contributed by atoms with Gasteiger partial charge in [-0.05, 0) is 2.67 Å². The van der Waals surface area contributed by atoms with Gasteiger partial charge in [0.1, 0.15) is 16.3 Å². The van der Waals surface area contributed by atoms with E-state index in [-0.39, 0.29) is 0 Å². The maximum atomic E-state index is 5.25. The Balaban J connectivity index is -0.0000000225. The van der Waals surface area contributed by atoms with Crippen LogP contribution in [0.2, 0.25) is 5.79 Å². The molecule has 0 heterocycles. The Bertz CT molecular complexity index is 11.5. The molecule has 0 nitrogen and oxygen atoms in total. The van der Waals surface area contributed by atoms with Crippen molar-refractivity contribution >= 4 is 33.0 Å². The lowest BCUT2D eigenvalue weighted by Crippen LogP contribution is -1.13. The summed E-state index contributed by atoms with van der Waals surface area (Å²) in [5.74, 6) is 1.92. The SMILES string of the molecule is [3H][B].[3H][B].[CH3][Al]. The Morgan fingerprint density at radius 3 is 1.50 bits per heavy atom. The average molecular weight is 69.7 g/mol. The summed E-state index contributed by atoms with van der Waals surface area (Å²) in [5.41, 5.74) is 0. The molecule has 0 spiro atoms. The first-order valence-corrected chi connectivity index (χ1v) is 1.73. The Morgan fingerprint density at radius 2 is 1.50 bits per heavy atom. The van der Waals surface area contributed by atoms with Gasteiger partial charge in [0.15, 0.2) is 0 Å². The molecule has 0 atom stereocenters. The number of hydrogen-bond donors (Lipinski definition) is 0. The van der Waals surface area contributed by atoms with Gasteiger partial charge in [0.25, 0.3) is 0 Å². The summed E-state index contributed by atoms with van der Waals surface area (Å²) in [4.78, 5) is 0. The highest BCUT2D eigenvalue weighted by Gasteiger charge is 0.999. The minimum atomic E-state index is 1.92. The van der Waals surface area contributed by atoms with Gasteiger partial charge in [-0.25, -0.2) is 0 Å². The van der Waals surface area contributed by atoms with Crippen molar-refractivity contribution in [2.45, 2.75) is 5.79 Å². The van der Waals surface area contributed by atoms with Gasteiger partial charge in [-0.1, -0.05) is 0 Å². The molecule has 0 amide bonds. The maximum absolute atomic E-state index is 5.25. The van der Waals surface area contributed by atoms with Crippen LogP contribution in [0.5, 0.6) is 0 Å². The zero-order valence-corrected chi connectivity index (χ0v) is 3.89. The maximum Gasteiger partial charge on any atom is 0.112 e. The van der Waals surface area contributed by atoms with Gasteiger partial charge in [0, 0.05) is 16.8 Å². The Kier molecular flexibility index (Phi) is 69.0. The molecule has 18 valence electrons. The van der Waals surface area contributed by atoms with E-state index in [0.29, 0.717) is 0 Å². The predicted molar refractivity (Wildman–Crippen MR) is 25.9 cm³/mol. The van der Waals surface area contributed by atoms with Gasteiger partial charge < -0.3 is 0 Å². The van der Waals surface area contributed by atoms with Gasteiger partial charge in [-0.15, -0.1) is 5.79 Å². The first-order valence-electron chi connectivity index (χ1n) is 1.73. The highest BCUT2D eigenvalue weighted by Crippen LogP contribution is 0.960. The lowest BCUT2D eigenvalue weighted by molar-refractivity contribution is 2.40. The van der Waals surface area contributed by atoms with Crippen molar-refractivity contribution < 1.29 is 0 Å². The second-order valence-corrected chi connectivity index (χ2v) is 0. The fourth-order valence-corrected chi connectivity index (χ4v) is 0. The molecule has 0 rings (SSSR count). The van der Waals surface area contributed by atoms with E-state index in [4.69, 9.17) is 2.67 Å². The fraction of sp³-hybridized carbons (Fsp3) is 1.00. The third-order valence-corrected chi connectivity index (χ3v) is 0. The minimum absolute atomic E-state index is 1.92. The molecule has 0 N–H and O–H groups in total. The molecule has 0 bridgehead atoms. The summed E-state index contributed by atoms with van der Waals surface area (Å²) in [7, 11) is 7.50. The molecule has 0 aromatic rings. The Hall–Kier alpha value is 0.662. The molecular formula is CH5AlB2. The number of rotatable bonds is 0. The van der Waals surface area contributed by atoms with E-state index in [1.165, 1.54) is 0 Å². The summed E-state index contributed by atoms with van der Waals surface area (Å²) >= 11 is 2.42. The van der Waals surface area contributed by atoms with Crippen LogP contribution in [-0.2, 0) is 0 Å². The van der Waals surface area contributed by atoms with Crippen molar-refractivity contribution in [1.82, 2.24) is 0 Å². The van der Waals surface area contributed by atoms with Gasteiger partial charge >= 0.3 is 0 Å². The molecular weight excluding hydrogens is 60.6 g/mol. The normalized spacial score (nSPS) is 4.25. The Labute approximate surface area is 42.3 Å². The van der Waals surface area contributed by atoms with Gasteiger partial charge in [-0.2, -0.15) is 0 Å². The van der Waals surface area contributed by atoms with Crippen LogP contribution in [0.25, 0.3) is 0 Å². The number of hydrogen-bond acceptors (Lipinski definition) is 0. The molecule has 0 aromatic heterocycles. The molecule has 0 aliphatic heterocycles. The first kappa shape index (κ1) is 4.66. The van der Waals surface area contributed by atoms with Crippen LogP contribution in [0.4, 0.5) is 0 Å². The topological polar surface area (TPSA) is 0 Å². The van der Waals surface area contributed by atoms with Crippen LogP contribution < -0.4 is 0 Å². The minimum Gasteiger partial charge on any atom is -0.128 e. The molecule has 0 saturated heterocycles. The zero-order valence-electron chi connectivity index (χ0n) is 4.73. The van der Waals surface area contributed by atoms with E-state index in [0.717, 1.165) is 0 Å². The van der Waals surface area contributed by atoms with Crippen molar-refractivity contribution in [3.8, 4) is 0 Å². The molecule has 0 saturated carbocycles. The lowest BCUT2D eigenvalue weighted by atomic mass is 10.8. The molecule has 0 aliphatic carbocycles. The van der Waals surface area contributed by atoms with Crippen LogP contribution >= 0.6 is 0 Å². The lowest BCUT2D eigenvalue weighted by Gasteiger charge is -1.02. The van der Waals surface area contributed by atoms with Gasteiger partial charge in [0.2, 0.25) is 0 Å². The van der Waals surface area contributed by atoms with E-state index >= 15 is 0 Å². The van der Waals surface area contributed by atoms with Crippen molar-refractivity contribution in [2.24, 2.45) is 0 Å². The highest BCUT2D eigenvalue weighted by molar-refractivity contribution is 6.05. The van der Waals surface area contributed by atoms with Gasteiger partial charge in [0.05, 0.1) is 0 Å². The van der Waals surface area contributed by atoms with Crippen LogP contribution in [0.15, 0.2) is 0 Å². The summed E-state index contributed by atoms with van der Waals surface area (Å²) in [6.45, 7) is 0. The molecule has 4 heavy (non-hydrogen) atoms. The molecule has 3 heteroatoms. The van der Waals surface area contributed by atoms with Crippen LogP contribution in [0.3, 0.4) is 0 Å². The molecule has 0 aliphatic rings. The van der Waals surface area contributed by atoms with Crippen molar-refractivity contribution in [3.05, 3.63) is 0 Å². The molecule has 0 fully saturated rings. The summed E-state index contributed by atoms with van der Waals surface area (Å²) < 4.78 is 10.5. The van der Waals surface area contributed by atoms with E-state index in [1.807, 2.05) is 5.79 Å². The van der Waals surface area contributed by atoms with E-state index < -0.39 is 0 Å². The van der Waals surface area contributed by atoms with E-state index in [9.17, 15) is 0 Å². The first-order chi connectivity index (χ1) is 3.00.